The number of benzene rings is 3. The van der Waals surface area contributed by atoms with Gasteiger partial charge in [-0.2, -0.15) is 4.57 Å². The van der Waals surface area contributed by atoms with E-state index >= 15 is 0 Å². The van der Waals surface area contributed by atoms with Crippen molar-refractivity contribution in [3.63, 3.8) is 0 Å². The molecule has 8 nitrogen and oxygen atoms in total. The predicted octanol–water partition coefficient (Wildman–Crippen LogP) is 3.03. The molecule has 46 heavy (non-hydrogen) atoms. The van der Waals surface area contributed by atoms with Gasteiger partial charge in [0.1, 0.15) is 10.2 Å². The molecule has 5 aliphatic heterocycles. The second-order valence-corrected chi connectivity index (χ2v) is 16.6. The number of pyridine rings is 3. The maximum Gasteiger partial charge on any atom is 0.439 e. The van der Waals surface area contributed by atoms with Crippen LogP contribution in [0.1, 0.15) is 5.69 Å². The molecule has 5 aromatic heterocycles. The molecule has 8 aromatic rings. The molecule has 212 valence electrons. The van der Waals surface area contributed by atoms with Crippen LogP contribution in [0.4, 0.5) is 5.69 Å². The van der Waals surface area contributed by atoms with Crippen molar-refractivity contribution in [1.82, 2.24) is 24.3 Å². The summed E-state index contributed by atoms with van der Waals surface area (Å²) in [4.78, 5) is 7.60. The number of hydrogen-bond donors (Lipinski definition) is 0. The molecular formula is C37H22N7OSi+3. The summed E-state index contributed by atoms with van der Waals surface area (Å²) in [5.41, 5.74) is 10.3. The SMILES string of the molecule is Cc1cc2n(n1)[N+]13c4c(ncc5c4-n4c6c(cccc6c6ccc[n+]1c64)[Si]51c4ccccc4-c4ccccc41)Oc1cccc-2[n+]13. The lowest BCUT2D eigenvalue weighted by Crippen LogP contribution is -2.89. The van der Waals surface area contributed by atoms with E-state index in [1.807, 2.05) is 6.07 Å². The number of para-hydroxylation sites is 1. The van der Waals surface area contributed by atoms with E-state index in [9.17, 15) is 0 Å². The normalized spacial score (nSPS) is 18.5. The zero-order chi connectivity index (χ0) is 29.7. The first-order valence-corrected chi connectivity index (χ1v) is 17.7. The van der Waals surface area contributed by atoms with Crippen molar-refractivity contribution in [2.24, 2.45) is 0 Å². The van der Waals surface area contributed by atoms with Crippen molar-refractivity contribution < 1.29 is 14.1 Å². The number of fused-ring (bicyclic) bond motifs is 10. The van der Waals surface area contributed by atoms with Gasteiger partial charge in [0.25, 0.3) is 0 Å². The molecule has 13 rings (SSSR count). The van der Waals surface area contributed by atoms with E-state index in [1.165, 1.54) is 53.9 Å². The maximum atomic E-state index is 6.79. The Kier molecular flexibility index (Phi) is 3.36. The summed E-state index contributed by atoms with van der Waals surface area (Å²) < 4.78 is 14.0. The van der Waals surface area contributed by atoms with Crippen molar-refractivity contribution in [3.8, 4) is 40.0 Å². The summed E-state index contributed by atoms with van der Waals surface area (Å²) in [6, 6.07) is 38.0. The highest BCUT2D eigenvalue weighted by Crippen LogP contribution is 2.50. The fourth-order valence-electron chi connectivity index (χ4n) is 9.65. The molecule has 3 aromatic carbocycles. The van der Waals surface area contributed by atoms with E-state index in [4.69, 9.17) is 14.8 Å². The molecule has 0 saturated carbocycles. The van der Waals surface area contributed by atoms with Crippen molar-refractivity contribution in [3.05, 3.63) is 121 Å². The number of hydrogen-bond acceptors (Lipinski definition) is 3. The molecule has 5 aliphatic rings. The van der Waals surface area contributed by atoms with E-state index in [1.54, 1.807) is 0 Å². The zero-order valence-corrected chi connectivity index (χ0v) is 25.5. The molecular weight excluding hydrogens is 587 g/mol. The number of quaternary nitrogens is 1. The molecule has 0 bridgehead atoms. The smallest absolute Gasteiger partial charge is 0.375 e. The van der Waals surface area contributed by atoms with E-state index in [0.29, 0.717) is 5.88 Å². The van der Waals surface area contributed by atoms with Gasteiger partial charge in [0, 0.05) is 37.5 Å². The van der Waals surface area contributed by atoms with Crippen molar-refractivity contribution in [2.45, 2.75) is 6.92 Å². The Bertz CT molecular complexity index is 2790. The van der Waals surface area contributed by atoms with E-state index in [2.05, 4.69) is 135 Å². The number of nitrogens with zero attached hydrogens (tertiary/aromatic N) is 7. The van der Waals surface area contributed by atoms with Crippen LogP contribution < -0.4 is 39.6 Å². The molecule has 0 radical (unpaired) electrons. The largest absolute Gasteiger partial charge is 0.439 e. The lowest BCUT2D eigenvalue weighted by atomic mass is 10.1. The van der Waals surface area contributed by atoms with Crippen LogP contribution in [0.3, 0.4) is 0 Å². The molecule has 0 amide bonds. The fourth-order valence-corrected chi connectivity index (χ4v) is 15.1. The van der Waals surface area contributed by atoms with Crippen LogP contribution in [-0.2, 0) is 0 Å². The molecule has 1 atom stereocenters. The molecule has 2 spiro atoms. The van der Waals surface area contributed by atoms with Gasteiger partial charge in [-0.3, -0.25) is 0 Å². The Labute approximate surface area is 262 Å². The van der Waals surface area contributed by atoms with Crippen LogP contribution in [0, 0.1) is 6.92 Å². The van der Waals surface area contributed by atoms with Gasteiger partial charge in [0.2, 0.25) is 16.2 Å². The number of rotatable bonds is 0. The van der Waals surface area contributed by atoms with Crippen LogP contribution >= 0.6 is 0 Å². The molecule has 0 saturated heterocycles. The second kappa shape index (κ2) is 6.84. The quantitative estimate of drug-likeness (QED) is 0.151. The van der Waals surface area contributed by atoms with Crippen LogP contribution in [-0.4, -0.2) is 27.5 Å². The van der Waals surface area contributed by atoms with Gasteiger partial charge in [-0.05, 0) is 58.8 Å². The fraction of sp³-hybridized carbons (Fsp3) is 0.0270. The lowest BCUT2D eigenvalue weighted by molar-refractivity contribution is -1.05. The number of aromatic nitrogens is 6. The Morgan fingerprint density at radius 3 is 2.39 bits per heavy atom. The summed E-state index contributed by atoms with van der Waals surface area (Å²) in [5.74, 6) is 1.34. The van der Waals surface area contributed by atoms with Gasteiger partial charge in [-0.25, -0.2) is 4.98 Å². The number of aryl methyl sites for hydroxylation is 1. The highest BCUT2D eigenvalue weighted by atomic mass is 28.3. The maximum absolute atomic E-state index is 6.79. The topological polar surface area (TPSA) is 52.6 Å². The third-order valence-corrected chi connectivity index (χ3v) is 15.9. The van der Waals surface area contributed by atoms with Gasteiger partial charge < -0.3 is 4.74 Å². The average molecular weight is 609 g/mol. The summed E-state index contributed by atoms with van der Waals surface area (Å²) in [7, 11) is -2.84. The van der Waals surface area contributed by atoms with E-state index in [-0.39, 0.29) is 4.81 Å². The predicted molar refractivity (Wildman–Crippen MR) is 176 cm³/mol. The molecule has 9 heteroatoms. The Hall–Kier alpha value is -5.90. The summed E-state index contributed by atoms with van der Waals surface area (Å²) >= 11 is 0. The first-order chi connectivity index (χ1) is 22.7. The average Bonchev–Trinajstić information content (AvgIpc) is 3.81. The summed E-state index contributed by atoms with van der Waals surface area (Å²) in [5, 5.41) is 13.3. The van der Waals surface area contributed by atoms with Crippen molar-refractivity contribution in [1.29, 1.82) is 0 Å². The van der Waals surface area contributed by atoms with E-state index < -0.39 is 8.07 Å². The first kappa shape index (κ1) is 22.6. The molecule has 1 unspecified atom stereocenters. The number of ether oxygens (including phenoxy) is 1. The minimum atomic E-state index is -2.84. The Morgan fingerprint density at radius 1 is 0.783 bits per heavy atom. The van der Waals surface area contributed by atoms with Gasteiger partial charge in [0.15, 0.2) is 14.3 Å². The Morgan fingerprint density at radius 2 is 1.54 bits per heavy atom. The van der Waals surface area contributed by atoms with Crippen LogP contribution in [0.2, 0.25) is 0 Å². The summed E-state index contributed by atoms with van der Waals surface area (Å²) in [6.45, 7) is 2.07. The minimum Gasteiger partial charge on any atom is -0.375 e. The van der Waals surface area contributed by atoms with Crippen molar-refractivity contribution in [2.75, 3.05) is 0 Å². The second-order valence-electron chi connectivity index (χ2n) is 12.9. The Balaban J connectivity index is 1.36. The van der Waals surface area contributed by atoms with Crippen molar-refractivity contribution >= 4 is 56.4 Å². The first-order valence-electron chi connectivity index (χ1n) is 15.7. The third kappa shape index (κ3) is 1.97. The van der Waals surface area contributed by atoms with Crippen LogP contribution in [0.5, 0.6) is 11.8 Å². The third-order valence-electron chi connectivity index (χ3n) is 11.0. The monoisotopic (exact) mass is 608 g/mol. The lowest BCUT2D eigenvalue weighted by Gasteiger charge is -2.37. The van der Waals surface area contributed by atoms with E-state index in [0.717, 1.165) is 34.3 Å². The standard InChI is InChI=1S/C37H22N7OSi/c1-21-19-27-26-13-7-17-32-42(26)44(43(27)39-21)35-34-31(20-38-36(35)45-32)46(28-14-4-2-9-22(28)23-10-3-5-15-29(23)46)30-16-6-11-24-25-12-8-18-40(44)37(25)41(34)33(24)30/h2-20H,1H3/q+3. The summed E-state index contributed by atoms with van der Waals surface area (Å²) in [6.07, 6.45) is 4.34. The molecule has 10 heterocycles. The molecule has 0 aliphatic carbocycles. The molecule has 0 fully saturated rings. The van der Waals surface area contributed by atoms with Gasteiger partial charge >= 0.3 is 28.8 Å². The van der Waals surface area contributed by atoms with Gasteiger partial charge in [0.05, 0.1) is 17.1 Å². The van der Waals surface area contributed by atoms with Crippen LogP contribution in [0.25, 0.3) is 50.1 Å². The van der Waals surface area contributed by atoms with Gasteiger partial charge in [-0.1, -0.05) is 60.7 Å². The molecule has 0 N–H and O–H groups in total. The zero-order valence-electron chi connectivity index (χ0n) is 24.5. The highest BCUT2D eigenvalue weighted by Gasteiger charge is 2.73. The van der Waals surface area contributed by atoms with Gasteiger partial charge in [-0.15, -0.1) is 5.10 Å². The van der Waals surface area contributed by atoms with Crippen LogP contribution in [0.15, 0.2) is 116 Å². The minimum absolute atomic E-state index is 0.164. The highest BCUT2D eigenvalue weighted by molar-refractivity contribution is 7.23.